The maximum Gasteiger partial charge on any atom is 0.262 e. The number of aromatic nitrogens is 2. The zero-order valence-electron chi connectivity index (χ0n) is 21.4. The zero-order chi connectivity index (χ0) is 25.5. The van der Waals surface area contributed by atoms with Crippen molar-refractivity contribution in [2.45, 2.75) is 57.2 Å². The summed E-state index contributed by atoms with van der Waals surface area (Å²) in [6, 6.07) is 28.6. The molecule has 1 N–H and O–H groups in total. The van der Waals surface area contributed by atoms with Crippen LogP contribution in [0.3, 0.4) is 0 Å². The number of fused-ring (bicyclic) bond motifs is 4. The lowest BCUT2D eigenvalue weighted by Crippen LogP contribution is -2.38. The molecular formula is C33H31N3OS. The Hall–Kier alpha value is -3.54. The number of benzene rings is 3. The number of nitrogens with one attached hydrogen (secondary N) is 1. The molecule has 2 unspecified atom stereocenters. The van der Waals surface area contributed by atoms with Gasteiger partial charge in [-0.2, -0.15) is 0 Å². The van der Waals surface area contributed by atoms with Crippen molar-refractivity contribution >= 4 is 21.6 Å². The van der Waals surface area contributed by atoms with Crippen LogP contribution in [0.5, 0.6) is 0 Å². The lowest BCUT2D eigenvalue weighted by Gasteiger charge is -2.32. The molecule has 0 amide bonds. The van der Waals surface area contributed by atoms with Gasteiger partial charge in [-0.25, -0.2) is 4.98 Å². The number of nitrogens with zero attached hydrogens (tertiary/aromatic N) is 2. The lowest BCUT2D eigenvalue weighted by atomic mass is 9.86. The fourth-order valence-electron chi connectivity index (χ4n) is 6.34. The molecule has 0 saturated carbocycles. The van der Waals surface area contributed by atoms with Crippen molar-refractivity contribution in [1.29, 1.82) is 0 Å². The third kappa shape index (κ3) is 4.40. The topological polar surface area (TPSA) is 46.9 Å². The van der Waals surface area contributed by atoms with Crippen molar-refractivity contribution in [1.82, 2.24) is 14.9 Å². The number of thiophene rings is 1. The van der Waals surface area contributed by atoms with Crippen LogP contribution in [0.2, 0.25) is 0 Å². The summed E-state index contributed by atoms with van der Waals surface area (Å²) in [4.78, 5) is 20.6. The second-order valence-corrected chi connectivity index (χ2v) is 11.8. The van der Waals surface area contributed by atoms with Crippen LogP contribution in [-0.2, 0) is 25.8 Å². The first-order valence-electron chi connectivity index (χ1n) is 13.7. The third-order valence-corrected chi connectivity index (χ3v) is 9.39. The van der Waals surface area contributed by atoms with Crippen molar-refractivity contribution in [3.8, 4) is 11.1 Å². The van der Waals surface area contributed by atoms with Crippen molar-refractivity contribution in [3.05, 3.63) is 123 Å². The van der Waals surface area contributed by atoms with Gasteiger partial charge < -0.3 is 5.32 Å². The summed E-state index contributed by atoms with van der Waals surface area (Å²) in [6.07, 6.45) is 8.34. The average Bonchev–Trinajstić information content (AvgIpc) is 3.34. The summed E-state index contributed by atoms with van der Waals surface area (Å²) < 4.78 is 1.78. The van der Waals surface area contributed by atoms with Gasteiger partial charge in [-0.15, -0.1) is 11.3 Å². The highest BCUT2D eigenvalue weighted by Gasteiger charge is 2.28. The van der Waals surface area contributed by atoms with E-state index in [4.69, 9.17) is 4.98 Å². The predicted octanol–water partition coefficient (Wildman–Crippen LogP) is 6.70. The molecule has 38 heavy (non-hydrogen) atoms. The summed E-state index contributed by atoms with van der Waals surface area (Å²) in [5.74, 6) is 0. The van der Waals surface area contributed by atoms with Crippen LogP contribution >= 0.6 is 11.3 Å². The average molecular weight is 518 g/mol. The summed E-state index contributed by atoms with van der Waals surface area (Å²) in [5.41, 5.74) is 7.74. The Bertz CT molecular complexity index is 1670. The van der Waals surface area contributed by atoms with E-state index in [9.17, 15) is 4.79 Å². The van der Waals surface area contributed by atoms with Gasteiger partial charge in [0.05, 0.1) is 18.3 Å². The second kappa shape index (κ2) is 9.97. The van der Waals surface area contributed by atoms with Gasteiger partial charge in [-0.05, 0) is 78.0 Å². The van der Waals surface area contributed by atoms with Crippen LogP contribution in [0, 0.1) is 0 Å². The molecule has 0 aliphatic heterocycles. The van der Waals surface area contributed by atoms with Crippen molar-refractivity contribution in [2.24, 2.45) is 0 Å². The molecule has 2 aromatic heterocycles. The number of hydrogen-bond donors (Lipinski definition) is 1. The van der Waals surface area contributed by atoms with Gasteiger partial charge in [0.2, 0.25) is 0 Å². The fraction of sp³-hybridized carbons (Fsp3) is 0.273. The number of hydrogen-bond acceptors (Lipinski definition) is 4. The predicted molar refractivity (Wildman–Crippen MR) is 156 cm³/mol. The Morgan fingerprint density at radius 1 is 0.921 bits per heavy atom. The molecule has 2 aliphatic carbocycles. The lowest BCUT2D eigenvalue weighted by molar-refractivity contribution is 0.370. The van der Waals surface area contributed by atoms with Crippen molar-refractivity contribution in [3.63, 3.8) is 0 Å². The first kappa shape index (κ1) is 23.6. The minimum Gasteiger partial charge on any atom is -0.307 e. The van der Waals surface area contributed by atoms with Gasteiger partial charge in [0.15, 0.2) is 0 Å². The molecule has 2 atom stereocenters. The molecule has 0 radical (unpaired) electrons. The largest absolute Gasteiger partial charge is 0.307 e. The third-order valence-electron chi connectivity index (χ3n) is 8.23. The zero-order valence-corrected chi connectivity index (χ0v) is 22.2. The molecule has 190 valence electrons. The van der Waals surface area contributed by atoms with E-state index in [0.29, 0.717) is 18.6 Å². The molecule has 7 rings (SSSR count). The minimum absolute atomic E-state index is 0.0882. The van der Waals surface area contributed by atoms with E-state index in [0.717, 1.165) is 40.6 Å². The van der Waals surface area contributed by atoms with E-state index >= 15 is 0 Å². The Morgan fingerprint density at radius 3 is 2.68 bits per heavy atom. The quantitative estimate of drug-likeness (QED) is 0.282. The summed E-state index contributed by atoms with van der Waals surface area (Å²) in [6.45, 7) is 0.526. The van der Waals surface area contributed by atoms with E-state index in [-0.39, 0.29) is 5.56 Å². The Kier molecular flexibility index (Phi) is 6.18. The highest BCUT2D eigenvalue weighted by Crippen LogP contribution is 2.36. The minimum atomic E-state index is 0.0882. The standard InChI is InChI=1S/C33H31N3OS/c37-33-31-28-17-16-26(35-29-15-7-12-24-11-4-5-14-27(24)29)19-30(28)38-32(31)34-21-36(33)20-22-8-6-13-25(18-22)23-9-2-1-3-10-23/h1-6,8-11,13-14,18,21,26,29,35H,7,12,15-17,19-20H2. The summed E-state index contributed by atoms with van der Waals surface area (Å²) in [7, 11) is 0. The van der Waals surface area contributed by atoms with Crippen LogP contribution in [0.4, 0.5) is 0 Å². The van der Waals surface area contributed by atoms with Crippen molar-refractivity contribution in [2.75, 3.05) is 0 Å². The number of rotatable bonds is 5. The first-order valence-corrected chi connectivity index (χ1v) is 14.5. The maximum absolute atomic E-state index is 13.7. The molecule has 0 bridgehead atoms. The van der Waals surface area contributed by atoms with Crippen LogP contribution in [-0.4, -0.2) is 15.6 Å². The van der Waals surface area contributed by atoms with Gasteiger partial charge >= 0.3 is 0 Å². The van der Waals surface area contributed by atoms with E-state index in [1.54, 1.807) is 22.2 Å². The van der Waals surface area contributed by atoms with Gasteiger partial charge in [0.1, 0.15) is 4.83 Å². The molecular weight excluding hydrogens is 486 g/mol. The fourth-order valence-corrected chi connectivity index (χ4v) is 7.60. The molecule has 0 spiro atoms. The van der Waals surface area contributed by atoms with Crippen LogP contribution in [0.1, 0.15) is 52.4 Å². The monoisotopic (exact) mass is 517 g/mol. The molecule has 3 aromatic carbocycles. The Morgan fingerprint density at radius 2 is 1.76 bits per heavy atom. The second-order valence-electron chi connectivity index (χ2n) is 10.7. The highest BCUT2D eigenvalue weighted by molar-refractivity contribution is 7.18. The van der Waals surface area contributed by atoms with E-state index in [2.05, 4.69) is 78.1 Å². The molecule has 5 heteroatoms. The van der Waals surface area contributed by atoms with Gasteiger partial charge in [-0.1, -0.05) is 72.8 Å². The summed E-state index contributed by atoms with van der Waals surface area (Å²) in [5, 5.41) is 4.82. The van der Waals surface area contributed by atoms with Crippen LogP contribution in [0.15, 0.2) is 90.0 Å². The van der Waals surface area contributed by atoms with Crippen LogP contribution < -0.4 is 10.9 Å². The number of aryl methyl sites for hydroxylation is 2. The highest BCUT2D eigenvalue weighted by atomic mass is 32.1. The van der Waals surface area contributed by atoms with E-state index < -0.39 is 0 Å². The maximum atomic E-state index is 13.7. The summed E-state index contributed by atoms with van der Waals surface area (Å²) >= 11 is 1.72. The molecule has 5 aromatic rings. The van der Waals surface area contributed by atoms with Crippen LogP contribution in [0.25, 0.3) is 21.3 Å². The Balaban J connectivity index is 1.13. The molecule has 2 aliphatic rings. The molecule has 0 fully saturated rings. The molecule has 0 saturated heterocycles. The molecule has 2 heterocycles. The van der Waals surface area contributed by atoms with Gasteiger partial charge in [0, 0.05) is 17.0 Å². The van der Waals surface area contributed by atoms with Crippen molar-refractivity contribution < 1.29 is 0 Å². The normalized spacial score (nSPS) is 18.7. The Labute approximate surface area is 227 Å². The first-order chi connectivity index (χ1) is 18.7. The van der Waals surface area contributed by atoms with E-state index in [1.807, 2.05) is 6.07 Å². The van der Waals surface area contributed by atoms with Gasteiger partial charge in [0.25, 0.3) is 5.56 Å². The van der Waals surface area contributed by atoms with Gasteiger partial charge in [-0.3, -0.25) is 9.36 Å². The smallest absolute Gasteiger partial charge is 0.262 e. The van der Waals surface area contributed by atoms with E-state index in [1.165, 1.54) is 46.4 Å². The molecule has 4 nitrogen and oxygen atoms in total. The SMILES string of the molecule is O=c1c2c3c(sc2ncn1Cc1cccc(-c2ccccc2)c1)CC(NC1CCCc2ccccc21)CC3.